The van der Waals surface area contributed by atoms with E-state index in [0.717, 1.165) is 32.4 Å². The second-order valence-corrected chi connectivity index (χ2v) is 3.84. The van der Waals surface area contributed by atoms with Crippen LogP contribution in [0.1, 0.15) is 39.5 Å². The lowest BCUT2D eigenvalue weighted by atomic mass is 10.1. The van der Waals surface area contributed by atoms with Crippen LogP contribution in [-0.2, 0) is 9.59 Å². The van der Waals surface area contributed by atoms with Crippen molar-refractivity contribution in [3.63, 3.8) is 0 Å². The lowest BCUT2D eigenvalue weighted by molar-refractivity contribution is -0.141. The molecule has 0 aliphatic carbocycles. The monoisotopic (exact) mass is 230 g/mol. The van der Waals surface area contributed by atoms with E-state index in [1.807, 2.05) is 0 Å². The Hall–Kier alpha value is -1.10. The van der Waals surface area contributed by atoms with E-state index in [4.69, 9.17) is 5.11 Å². The Labute approximate surface area is 96.6 Å². The summed E-state index contributed by atoms with van der Waals surface area (Å²) in [5.41, 5.74) is 0. The van der Waals surface area contributed by atoms with E-state index in [9.17, 15) is 9.59 Å². The molecule has 1 amide bonds. The van der Waals surface area contributed by atoms with Crippen LogP contribution < -0.4 is 10.6 Å². The average molecular weight is 230 g/mol. The third kappa shape index (κ3) is 8.23. The number of rotatable bonds is 9. The second kappa shape index (κ2) is 9.15. The fourth-order valence-corrected chi connectivity index (χ4v) is 1.40. The van der Waals surface area contributed by atoms with E-state index >= 15 is 0 Å². The molecule has 0 aromatic carbocycles. The topological polar surface area (TPSA) is 78.4 Å². The first-order valence-electron chi connectivity index (χ1n) is 5.78. The molecular formula is C11H22N2O3. The zero-order chi connectivity index (χ0) is 12.4. The lowest BCUT2D eigenvalue weighted by Crippen LogP contribution is -2.39. The molecule has 0 rings (SSSR count). The molecule has 1 unspecified atom stereocenters. The molecule has 0 aromatic heterocycles. The molecule has 0 radical (unpaired) electrons. The highest BCUT2D eigenvalue weighted by molar-refractivity contribution is 5.81. The van der Waals surface area contributed by atoms with Gasteiger partial charge in [-0.2, -0.15) is 0 Å². The fraction of sp³-hybridized carbons (Fsp3) is 0.818. The summed E-state index contributed by atoms with van der Waals surface area (Å²) < 4.78 is 0. The average Bonchev–Trinajstić information content (AvgIpc) is 2.20. The minimum atomic E-state index is -0.961. The summed E-state index contributed by atoms with van der Waals surface area (Å²) in [6.45, 7) is 5.33. The normalized spacial score (nSPS) is 12.1. The fourth-order valence-electron chi connectivity index (χ4n) is 1.40. The molecule has 0 heterocycles. The van der Waals surface area contributed by atoms with Crippen molar-refractivity contribution in [2.24, 2.45) is 0 Å². The van der Waals surface area contributed by atoms with E-state index in [2.05, 4.69) is 17.6 Å². The number of unbranched alkanes of at least 4 members (excludes halogenated alkanes) is 1. The molecule has 0 saturated heterocycles. The van der Waals surface area contributed by atoms with Gasteiger partial charge >= 0.3 is 5.97 Å². The molecule has 0 spiro atoms. The van der Waals surface area contributed by atoms with Gasteiger partial charge < -0.3 is 15.7 Å². The van der Waals surface area contributed by atoms with Crippen LogP contribution in [0.25, 0.3) is 0 Å². The van der Waals surface area contributed by atoms with Crippen molar-refractivity contribution in [3.8, 4) is 0 Å². The third-order valence-corrected chi connectivity index (χ3v) is 2.20. The van der Waals surface area contributed by atoms with Crippen molar-refractivity contribution in [2.75, 3.05) is 13.1 Å². The molecule has 94 valence electrons. The van der Waals surface area contributed by atoms with E-state index < -0.39 is 12.0 Å². The number of carbonyl (C=O) groups is 2. The Bertz CT molecular complexity index is 219. The van der Waals surface area contributed by atoms with E-state index in [1.54, 1.807) is 0 Å². The highest BCUT2D eigenvalue weighted by Crippen LogP contribution is 2.01. The van der Waals surface area contributed by atoms with Crippen LogP contribution in [0.15, 0.2) is 0 Å². The summed E-state index contributed by atoms with van der Waals surface area (Å²) >= 11 is 0. The summed E-state index contributed by atoms with van der Waals surface area (Å²) in [4.78, 5) is 21.5. The van der Waals surface area contributed by atoms with Gasteiger partial charge in [0.15, 0.2) is 0 Å². The van der Waals surface area contributed by atoms with Crippen LogP contribution in [0.4, 0.5) is 0 Å². The lowest BCUT2D eigenvalue weighted by Gasteiger charge is -2.12. The number of carbonyl (C=O) groups excluding carboxylic acids is 1. The Kier molecular flexibility index (Phi) is 8.52. The number of hydrogen-bond donors (Lipinski definition) is 3. The van der Waals surface area contributed by atoms with Crippen molar-refractivity contribution in [1.82, 2.24) is 10.6 Å². The molecule has 0 saturated carbocycles. The minimum Gasteiger partial charge on any atom is -0.480 e. The summed E-state index contributed by atoms with van der Waals surface area (Å²) in [6, 6.07) is -0.747. The SMILES string of the molecule is CCCNCCCCC(NC(C)=O)C(=O)O. The maximum Gasteiger partial charge on any atom is 0.326 e. The van der Waals surface area contributed by atoms with Gasteiger partial charge in [0.1, 0.15) is 6.04 Å². The quantitative estimate of drug-likeness (QED) is 0.511. The van der Waals surface area contributed by atoms with E-state index in [-0.39, 0.29) is 5.91 Å². The maximum atomic E-state index is 10.8. The Balaban J connectivity index is 3.60. The van der Waals surface area contributed by atoms with Crippen molar-refractivity contribution in [3.05, 3.63) is 0 Å². The van der Waals surface area contributed by atoms with Crippen LogP contribution in [0.3, 0.4) is 0 Å². The number of amides is 1. The van der Waals surface area contributed by atoms with Crippen LogP contribution in [-0.4, -0.2) is 36.1 Å². The Morgan fingerprint density at radius 1 is 1.25 bits per heavy atom. The standard InChI is InChI=1S/C11H22N2O3/c1-3-7-12-8-5-4-6-10(11(15)16)13-9(2)14/h10,12H,3-8H2,1-2H3,(H,13,14)(H,15,16). The summed E-state index contributed by atoms with van der Waals surface area (Å²) in [7, 11) is 0. The second-order valence-electron chi connectivity index (χ2n) is 3.84. The molecule has 0 aromatic rings. The molecule has 16 heavy (non-hydrogen) atoms. The third-order valence-electron chi connectivity index (χ3n) is 2.20. The van der Waals surface area contributed by atoms with Gasteiger partial charge in [0, 0.05) is 6.92 Å². The molecule has 0 aliphatic heterocycles. The van der Waals surface area contributed by atoms with Gasteiger partial charge in [0.25, 0.3) is 0 Å². The number of carboxylic acid groups (broad SMARTS) is 1. The number of nitrogens with one attached hydrogen (secondary N) is 2. The van der Waals surface area contributed by atoms with Gasteiger partial charge in [-0.15, -0.1) is 0 Å². The molecule has 3 N–H and O–H groups in total. The molecule has 1 atom stereocenters. The minimum absolute atomic E-state index is 0.295. The Morgan fingerprint density at radius 2 is 1.94 bits per heavy atom. The van der Waals surface area contributed by atoms with Gasteiger partial charge in [-0.1, -0.05) is 6.92 Å². The van der Waals surface area contributed by atoms with E-state index in [1.165, 1.54) is 6.92 Å². The van der Waals surface area contributed by atoms with Crippen LogP contribution in [0.2, 0.25) is 0 Å². The van der Waals surface area contributed by atoms with Gasteiger partial charge in [-0.05, 0) is 38.8 Å². The van der Waals surface area contributed by atoms with Crippen LogP contribution in [0.5, 0.6) is 0 Å². The highest BCUT2D eigenvalue weighted by Gasteiger charge is 2.17. The predicted octanol–water partition coefficient (Wildman–Crippen LogP) is 0.746. The molecule has 5 heteroatoms. The van der Waals surface area contributed by atoms with E-state index in [0.29, 0.717) is 6.42 Å². The van der Waals surface area contributed by atoms with Gasteiger partial charge in [-0.3, -0.25) is 4.79 Å². The van der Waals surface area contributed by atoms with Crippen molar-refractivity contribution in [2.45, 2.75) is 45.6 Å². The van der Waals surface area contributed by atoms with Crippen LogP contribution >= 0.6 is 0 Å². The first-order chi connectivity index (χ1) is 7.57. The number of carboxylic acids is 1. The maximum absolute atomic E-state index is 10.8. The van der Waals surface area contributed by atoms with Gasteiger partial charge in [0.05, 0.1) is 0 Å². The zero-order valence-corrected chi connectivity index (χ0v) is 10.1. The van der Waals surface area contributed by atoms with Crippen molar-refractivity contribution >= 4 is 11.9 Å². The summed E-state index contributed by atoms with van der Waals surface area (Å²) in [6.07, 6.45) is 3.32. The van der Waals surface area contributed by atoms with Gasteiger partial charge in [-0.25, -0.2) is 4.79 Å². The number of hydrogen-bond acceptors (Lipinski definition) is 3. The Morgan fingerprint density at radius 3 is 2.44 bits per heavy atom. The summed E-state index contributed by atoms with van der Waals surface area (Å²) in [5.74, 6) is -1.26. The molecule has 5 nitrogen and oxygen atoms in total. The van der Waals surface area contributed by atoms with Gasteiger partial charge in [0.2, 0.25) is 5.91 Å². The molecular weight excluding hydrogens is 208 g/mol. The largest absolute Gasteiger partial charge is 0.480 e. The zero-order valence-electron chi connectivity index (χ0n) is 10.1. The first-order valence-corrected chi connectivity index (χ1v) is 5.78. The predicted molar refractivity (Wildman–Crippen MR) is 62.3 cm³/mol. The molecule has 0 fully saturated rings. The molecule has 0 bridgehead atoms. The smallest absolute Gasteiger partial charge is 0.326 e. The first kappa shape index (κ1) is 14.9. The highest BCUT2D eigenvalue weighted by atomic mass is 16.4. The van der Waals surface area contributed by atoms with Crippen molar-refractivity contribution < 1.29 is 14.7 Å². The van der Waals surface area contributed by atoms with Crippen LogP contribution in [0, 0.1) is 0 Å². The molecule has 0 aliphatic rings. The van der Waals surface area contributed by atoms with Crippen molar-refractivity contribution in [1.29, 1.82) is 0 Å². The number of aliphatic carboxylic acids is 1. The summed E-state index contributed by atoms with van der Waals surface area (Å²) in [5, 5.41) is 14.5.